The molecule has 3 atom stereocenters. The van der Waals surface area contributed by atoms with E-state index in [1.807, 2.05) is 0 Å². The number of hydrogen-bond acceptors (Lipinski definition) is 3. The second kappa shape index (κ2) is 4.54. The van der Waals surface area contributed by atoms with Crippen LogP contribution in [0.3, 0.4) is 0 Å². The predicted octanol–water partition coefficient (Wildman–Crippen LogP) is 3.02. The van der Waals surface area contributed by atoms with Gasteiger partial charge in [0, 0.05) is 23.9 Å². The van der Waals surface area contributed by atoms with Crippen LogP contribution in [0.25, 0.3) is 0 Å². The molecule has 0 saturated carbocycles. The Morgan fingerprint density at radius 1 is 1.10 bits per heavy atom. The van der Waals surface area contributed by atoms with Gasteiger partial charge in [-0.05, 0) is 66.8 Å². The summed E-state index contributed by atoms with van der Waals surface area (Å²) in [6.07, 6.45) is 5.57. The molecule has 0 spiro atoms. The average molecular weight is 279 g/mol. The Kier molecular flexibility index (Phi) is 3.30. The van der Waals surface area contributed by atoms with E-state index in [0.717, 1.165) is 19.3 Å². The molecule has 3 heterocycles. The highest BCUT2D eigenvalue weighted by Crippen LogP contribution is 2.46. The Bertz CT molecular complexity index is 401. The standard InChI is InChI=1S/C17H29NO2/c1-16(2)10-14(17(3,4)20-16)15(19)11-8-12-6-7-13(9-11)18(12)5/h11-14H,6-10H2,1-5H3. The first-order valence-electron chi connectivity index (χ1n) is 8.15. The van der Waals surface area contributed by atoms with Gasteiger partial charge in [0.25, 0.3) is 0 Å². The second-order valence-electron chi connectivity index (χ2n) is 8.34. The quantitative estimate of drug-likeness (QED) is 0.778. The molecule has 3 saturated heterocycles. The van der Waals surface area contributed by atoms with E-state index < -0.39 is 0 Å². The van der Waals surface area contributed by atoms with E-state index in [9.17, 15) is 4.79 Å². The third kappa shape index (κ3) is 2.33. The summed E-state index contributed by atoms with van der Waals surface area (Å²) in [4.78, 5) is 15.5. The molecule has 0 aromatic carbocycles. The van der Waals surface area contributed by atoms with Crippen LogP contribution >= 0.6 is 0 Å². The van der Waals surface area contributed by atoms with Gasteiger partial charge in [0.2, 0.25) is 0 Å². The fourth-order valence-electron chi connectivity index (χ4n) is 4.93. The highest BCUT2D eigenvalue weighted by Gasteiger charge is 2.52. The van der Waals surface area contributed by atoms with Gasteiger partial charge in [-0.2, -0.15) is 0 Å². The Labute approximate surface area is 123 Å². The summed E-state index contributed by atoms with van der Waals surface area (Å²) in [5.74, 6) is 0.821. The van der Waals surface area contributed by atoms with Gasteiger partial charge in [0.15, 0.2) is 0 Å². The molecule has 3 heteroatoms. The van der Waals surface area contributed by atoms with Crippen LogP contribution in [0.1, 0.15) is 59.8 Å². The number of Topliss-reactive ketones (excluding diaryl/α,β-unsaturated/α-hetero) is 1. The topological polar surface area (TPSA) is 29.5 Å². The van der Waals surface area contributed by atoms with Gasteiger partial charge in [-0.25, -0.2) is 0 Å². The minimum absolute atomic E-state index is 0.0744. The maximum Gasteiger partial charge on any atom is 0.142 e. The van der Waals surface area contributed by atoms with Crippen molar-refractivity contribution in [3.05, 3.63) is 0 Å². The zero-order chi connectivity index (χ0) is 14.7. The van der Waals surface area contributed by atoms with E-state index in [2.05, 4.69) is 39.6 Å². The van der Waals surface area contributed by atoms with Crippen LogP contribution in [0.4, 0.5) is 0 Å². The molecule has 3 aliphatic rings. The Hall–Kier alpha value is -0.410. The van der Waals surface area contributed by atoms with Crippen LogP contribution in [-0.4, -0.2) is 41.0 Å². The second-order valence-corrected chi connectivity index (χ2v) is 8.34. The van der Waals surface area contributed by atoms with Crippen molar-refractivity contribution in [2.24, 2.45) is 11.8 Å². The fraction of sp³-hybridized carbons (Fsp3) is 0.941. The number of piperidine rings is 1. The van der Waals surface area contributed by atoms with Crippen molar-refractivity contribution < 1.29 is 9.53 Å². The molecule has 0 amide bonds. The summed E-state index contributed by atoms with van der Waals surface area (Å²) in [6.45, 7) is 8.41. The van der Waals surface area contributed by atoms with E-state index in [0.29, 0.717) is 17.9 Å². The molecule has 0 N–H and O–H groups in total. The summed E-state index contributed by atoms with van der Waals surface area (Å²) in [7, 11) is 2.23. The lowest BCUT2D eigenvalue weighted by molar-refractivity contribution is -0.135. The SMILES string of the molecule is CN1C2CCC1CC(C(=O)C1CC(C)(C)OC1(C)C)C2. The smallest absolute Gasteiger partial charge is 0.142 e. The fourth-order valence-corrected chi connectivity index (χ4v) is 4.93. The molecule has 3 unspecified atom stereocenters. The molecule has 0 aliphatic carbocycles. The van der Waals surface area contributed by atoms with Gasteiger partial charge in [-0.1, -0.05) is 0 Å². The predicted molar refractivity (Wildman–Crippen MR) is 79.7 cm³/mol. The Balaban J connectivity index is 1.74. The van der Waals surface area contributed by atoms with Gasteiger partial charge >= 0.3 is 0 Å². The molecule has 3 fully saturated rings. The maximum absolute atomic E-state index is 13.0. The van der Waals surface area contributed by atoms with Crippen LogP contribution in [-0.2, 0) is 9.53 Å². The first-order valence-corrected chi connectivity index (χ1v) is 8.15. The lowest BCUT2D eigenvalue weighted by Crippen LogP contribution is -2.45. The molecule has 2 bridgehead atoms. The number of carbonyl (C=O) groups excluding carboxylic acids is 1. The number of ketones is 1. The van der Waals surface area contributed by atoms with E-state index in [-0.39, 0.29) is 23.0 Å². The van der Waals surface area contributed by atoms with Crippen LogP contribution in [0.5, 0.6) is 0 Å². The molecule has 3 aliphatic heterocycles. The molecule has 0 radical (unpaired) electrons. The van der Waals surface area contributed by atoms with Crippen LogP contribution in [0.2, 0.25) is 0 Å². The zero-order valence-electron chi connectivity index (χ0n) is 13.6. The van der Waals surface area contributed by atoms with Gasteiger partial charge in [-0.15, -0.1) is 0 Å². The van der Waals surface area contributed by atoms with Crippen molar-refractivity contribution in [2.45, 2.75) is 83.1 Å². The van der Waals surface area contributed by atoms with Gasteiger partial charge in [0.05, 0.1) is 11.2 Å². The third-order valence-corrected chi connectivity index (χ3v) is 5.92. The van der Waals surface area contributed by atoms with Crippen molar-refractivity contribution >= 4 is 5.78 Å². The first kappa shape index (κ1) is 14.5. The summed E-state index contributed by atoms with van der Waals surface area (Å²) in [6, 6.07) is 1.28. The van der Waals surface area contributed by atoms with Crippen molar-refractivity contribution in [1.29, 1.82) is 0 Å². The minimum Gasteiger partial charge on any atom is -0.369 e. The van der Waals surface area contributed by atoms with E-state index in [1.54, 1.807) is 0 Å². The Morgan fingerprint density at radius 2 is 1.65 bits per heavy atom. The highest BCUT2D eigenvalue weighted by atomic mass is 16.5. The largest absolute Gasteiger partial charge is 0.369 e. The van der Waals surface area contributed by atoms with Crippen molar-refractivity contribution in [3.63, 3.8) is 0 Å². The normalized spacial score (nSPS) is 42.9. The summed E-state index contributed by atoms with van der Waals surface area (Å²) in [5.41, 5.74) is -0.461. The van der Waals surface area contributed by atoms with Crippen molar-refractivity contribution in [2.75, 3.05) is 7.05 Å². The van der Waals surface area contributed by atoms with Crippen molar-refractivity contribution in [1.82, 2.24) is 4.90 Å². The lowest BCUT2D eigenvalue weighted by atomic mass is 9.75. The average Bonchev–Trinajstić information content (AvgIpc) is 2.69. The Morgan fingerprint density at radius 3 is 2.10 bits per heavy atom. The molecule has 0 aromatic heterocycles. The summed E-state index contributed by atoms with van der Waals surface area (Å²) >= 11 is 0. The third-order valence-electron chi connectivity index (χ3n) is 5.92. The highest BCUT2D eigenvalue weighted by molar-refractivity contribution is 5.85. The molecule has 20 heavy (non-hydrogen) atoms. The van der Waals surface area contributed by atoms with E-state index in [4.69, 9.17) is 4.74 Å². The summed E-state index contributed by atoms with van der Waals surface area (Å²) in [5, 5.41) is 0. The number of nitrogens with zero attached hydrogens (tertiary/aromatic N) is 1. The molecular weight excluding hydrogens is 250 g/mol. The number of ether oxygens (including phenoxy) is 1. The monoisotopic (exact) mass is 279 g/mol. The molecule has 114 valence electrons. The zero-order valence-corrected chi connectivity index (χ0v) is 13.6. The van der Waals surface area contributed by atoms with E-state index in [1.165, 1.54) is 12.8 Å². The van der Waals surface area contributed by atoms with Gasteiger partial charge < -0.3 is 9.64 Å². The number of hydrogen-bond donors (Lipinski definition) is 0. The van der Waals surface area contributed by atoms with E-state index >= 15 is 0 Å². The van der Waals surface area contributed by atoms with Crippen LogP contribution in [0.15, 0.2) is 0 Å². The first-order chi connectivity index (χ1) is 9.20. The number of carbonyl (C=O) groups is 1. The van der Waals surface area contributed by atoms with Crippen LogP contribution in [0, 0.1) is 11.8 Å². The number of fused-ring (bicyclic) bond motifs is 2. The molecule has 3 rings (SSSR count). The van der Waals surface area contributed by atoms with Gasteiger partial charge in [-0.3, -0.25) is 4.79 Å². The van der Waals surface area contributed by atoms with Crippen LogP contribution < -0.4 is 0 Å². The minimum atomic E-state index is -0.303. The molecule has 3 nitrogen and oxygen atoms in total. The maximum atomic E-state index is 13.0. The van der Waals surface area contributed by atoms with Gasteiger partial charge in [0.1, 0.15) is 5.78 Å². The van der Waals surface area contributed by atoms with Crippen molar-refractivity contribution in [3.8, 4) is 0 Å². The summed E-state index contributed by atoms with van der Waals surface area (Å²) < 4.78 is 6.12. The lowest BCUT2D eigenvalue weighted by Gasteiger charge is -2.37. The molecule has 0 aromatic rings. The molecular formula is C17H29NO2. The number of rotatable bonds is 2.